The van der Waals surface area contributed by atoms with E-state index in [2.05, 4.69) is 22.3 Å². The van der Waals surface area contributed by atoms with Crippen molar-refractivity contribution in [3.8, 4) is 5.69 Å². The third-order valence-corrected chi connectivity index (χ3v) is 3.72. The molecule has 3 aromatic rings. The van der Waals surface area contributed by atoms with Gasteiger partial charge in [-0.3, -0.25) is 4.98 Å². The summed E-state index contributed by atoms with van der Waals surface area (Å²) in [5.41, 5.74) is 3.15. The number of pyridine rings is 1. The van der Waals surface area contributed by atoms with Crippen molar-refractivity contribution in [3.63, 3.8) is 0 Å². The van der Waals surface area contributed by atoms with Gasteiger partial charge in [-0.05, 0) is 43.3 Å². The fourth-order valence-electron chi connectivity index (χ4n) is 2.19. The van der Waals surface area contributed by atoms with E-state index in [-0.39, 0.29) is 6.04 Å². The van der Waals surface area contributed by atoms with Crippen LogP contribution in [-0.4, -0.2) is 14.8 Å². The third kappa shape index (κ3) is 3.53. The molecular weight excluding hydrogens is 296 g/mol. The van der Waals surface area contributed by atoms with Gasteiger partial charge in [0.05, 0.1) is 17.6 Å². The lowest BCUT2D eigenvalue weighted by atomic mass is 10.2. The van der Waals surface area contributed by atoms with Crippen LogP contribution in [0.25, 0.3) is 5.69 Å². The minimum absolute atomic E-state index is 0.195. The Bertz CT molecular complexity index is 722. The van der Waals surface area contributed by atoms with Gasteiger partial charge >= 0.3 is 0 Å². The van der Waals surface area contributed by atoms with Gasteiger partial charge in [-0.1, -0.05) is 17.7 Å². The molecule has 0 fully saturated rings. The van der Waals surface area contributed by atoms with Crippen molar-refractivity contribution in [3.05, 3.63) is 77.3 Å². The van der Waals surface area contributed by atoms with E-state index in [9.17, 15) is 0 Å². The average molecular weight is 313 g/mol. The van der Waals surface area contributed by atoms with Gasteiger partial charge in [-0.15, -0.1) is 0 Å². The number of nitrogens with zero attached hydrogens (tertiary/aromatic N) is 3. The number of hydrogen-bond donors (Lipinski definition) is 1. The smallest absolute Gasteiger partial charge is 0.0646 e. The van der Waals surface area contributed by atoms with Crippen molar-refractivity contribution >= 4 is 11.6 Å². The molecule has 22 heavy (non-hydrogen) atoms. The summed E-state index contributed by atoms with van der Waals surface area (Å²) in [6.07, 6.45) is 5.69. The molecule has 112 valence electrons. The Labute approximate surface area is 134 Å². The van der Waals surface area contributed by atoms with Crippen LogP contribution in [0.4, 0.5) is 0 Å². The first-order valence-corrected chi connectivity index (χ1v) is 7.54. The third-order valence-electron chi connectivity index (χ3n) is 3.47. The number of halogens is 1. The largest absolute Gasteiger partial charge is 0.305 e. The molecule has 0 radical (unpaired) electrons. The summed E-state index contributed by atoms with van der Waals surface area (Å²) in [6, 6.07) is 13.8. The molecular formula is C17H17ClN4. The van der Waals surface area contributed by atoms with E-state index in [0.717, 1.165) is 28.5 Å². The minimum Gasteiger partial charge on any atom is -0.305 e. The van der Waals surface area contributed by atoms with Crippen LogP contribution in [0.3, 0.4) is 0 Å². The Morgan fingerprint density at radius 3 is 2.73 bits per heavy atom. The summed E-state index contributed by atoms with van der Waals surface area (Å²) in [5, 5.41) is 8.56. The first kappa shape index (κ1) is 14.8. The van der Waals surface area contributed by atoms with E-state index < -0.39 is 0 Å². The van der Waals surface area contributed by atoms with Gasteiger partial charge in [0.25, 0.3) is 0 Å². The zero-order chi connectivity index (χ0) is 15.4. The summed E-state index contributed by atoms with van der Waals surface area (Å²) in [4.78, 5) is 4.36. The summed E-state index contributed by atoms with van der Waals surface area (Å²) >= 11 is 5.90. The molecule has 1 unspecified atom stereocenters. The van der Waals surface area contributed by atoms with E-state index >= 15 is 0 Å². The molecule has 2 heterocycles. The van der Waals surface area contributed by atoms with Gasteiger partial charge in [-0.2, -0.15) is 5.10 Å². The standard InChI is InChI=1S/C17H17ClN4/c1-13(17-4-2-3-9-19-17)20-10-14-11-21-22(12-14)16-7-5-15(18)6-8-16/h2-9,11-13,20H,10H2,1H3. The second-order valence-corrected chi connectivity index (χ2v) is 5.56. The Kier molecular flexibility index (Phi) is 4.51. The van der Waals surface area contributed by atoms with Crippen molar-refractivity contribution < 1.29 is 0 Å². The topological polar surface area (TPSA) is 42.7 Å². The molecule has 1 aromatic carbocycles. The maximum absolute atomic E-state index is 5.90. The van der Waals surface area contributed by atoms with Crippen molar-refractivity contribution in [2.24, 2.45) is 0 Å². The first-order chi connectivity index (χ1) is 10.7. The molecule has 5 heteroatoms. The average Bonchev–Trinajstić information content (AvgIpc) is 3.03. The van der Waals surface area contributed by atoms with Crippen LogP contribution in [0.15, 0.2) is 61.1 Å². The molecule has 0 saturated heterocycles. The van der Waals surface area contributed by atoms with Gasteiger partial charge in [-0.25, -0.2) is 4.68 Å². The van der Waals surface area contributed by atoms with Crippen LogP contribution in [-0.2, 0) is 6.54 Å². The number of nitrogens with one attached hydrogen (secondary N) is 1. The molecule has 0 aliphatic carbocycles. The Hall–Kier alpha value is -2.17. The van der Waals surface area contributed by atoms with Crippen molar-refractivity contribution in [1.82, 2.24) is 20.1 Å². The highest BCUT2D eigenvalue weighted by Gasteiger charge is 2.07. The van der Waals surface area contributed by atoms with Gasteiger partial charge < -0.3 is 5.32 Å². The lowest BCUT2D eigenvalue weighted by molar-refractivity contribution is 0.561. The maximum Gasteiger partial charge on any atom is 0.0646 e. The summed E-state index contributed by atoms with van der Waals surface area (Å²) in [6.45, 7) is 2.84. The maximum atomic E-state index is 5.90. The Morgan fingerprint density at radius 1 is 1.18 bits per heavy atom. The van der Waals surface area contributed by atoms with Crippen LogP contribution in [0.2, 0.25) is 5.02 Å². The van der Waals surface area contributed by atoms with Gasteiger partial charge in [0.15, 0.2) is 0 Å². The van der Waals surface area contributed by atoms with E-state index in [1.54, 1.807) is 0 Å². The molecule has 2 aromatic heterocycles. The molecule has 3 rings (SSSR count). The van der Waals surface area contributed by atoms with E-state index in [1.165, 1.54) is 0 Å². The highest BCUT2D eigenvalue weighted by atomic mass is 35.5. The molecule has 1 atom stereocenters. The van der Waals surface area contributed by atoms with Crippen molar-refractivity contribution in [2.75, 3.05) is 0 Å². The highest BCUT2D eigenvalue weighted by molar-refractivity contribution is 6.30. The fourth-order valence-corrected chi connectivity index (χ4v) is 2.32. The zero-order valence-electron chi connectivity index (χ0n) is 12.3. The minimum atomic E-state index is 0.195. The molecule has 0 aliphatic heterocycles. The monoisotopic (exact) mass is 312 g/mol. The van der Waals surface area contributed by atoms with Gasteiger partial charge in [0.2, 0.25) is 0 Å². The molecule has 0 amide bonds. The summed E-state index contributed by atoms with van der Waals surface area (Å²) in [5.74, 6) is 0. The van der Waals surface area contributed by atoms with E-state index in [4.69, 9.17) is 11.6 Å². The molecule has 1 N–H and O–H groups in total. The highest BCUT2D eigenvalue weighted by Crippen LogP contribution is 2.14. The summed E-state index contributed by atoms with van der Waals surface area (Å²) in [7, 11) is 0. The quantitative estimate of drug-likeness (QED) is 0.780. The van der Waals surface area contributed by atoms with Crippen LogP contribution in [0.5, 0.6) is 0 Å². The number of aromatic nitrogens is 3. The lowest BCUT2D eigenvalue weighted by Crippen LogP contribution is -2.18. The fraction of sp³-hybridized carbons (Fsp3) is 0.176. The molecule has 0 bridgehead atoms. The first-order valence-electron chi connectivity index (χ1n) is 7.16. The van der Waals surface area contributed by atoms with E-state index in [1.807, 2.05) is 65.7 Å². The zero-order valence-corrected chi connectivity index (χ0v) is 13.0. The molecule has 4 nitrogen and oxygen atoms in total. The van der Waals surface area contributed by atoms with Crippen LogP contribution < -0.4 is 5.32 Å². The SMILES string of the molecule is CC(NCc1cnn(-c2ccc(Cl)cc2)c1)c1ccccn1. The van der Waals surface area contributed by atoms with Crippen molar-refractivity contribution in [1.29, 1.82) is 0 Å². The molecule has 0 saturated carbocycles. The van der Waals surface area contributed by atoms with Crippen molar-refractivity contribution in [2.45, 2.75) is 19.5 Å². The predicted octanol–water partition coefficient (Wildman–Crippen LogP) is 3.77. The normalized spacial score (nSPS) is 12.3. The van der Waals surface area contributed by atoms with Crippen LogP contribution >= 0.6 is 11.6 Å². The second kappa shape index (κ2) is 6.73. The molecule has 0 aliphatic rings. The number of hydrogen-bond acceptors (Lipinski definition) is 3. The van der Waals surface area contributed by atoms with Crippen LogP contribution in [0.1, 0.15) is 24.2 Å². The Balaban J connectivity index is 1.63. The molecule has 0 spiro atoms. The van der Waals surface area contributed by atoms with Gasteiger partial charge in [0.1, 0.15) is 0 Å². The predicted molar refractivity (Wildman–Crippen MR) is 88.1 cm³/mol. The van der Waals surface area contributed by atoms with Crippen LogP contribution in [0, 0.1) is 0 Å². The number of benzene rings is 1. The lowest BCUT2D eigenvalue weighted by Gasteiger charge is -2.12. The van der Waals surface area contributed by atoms with E-state index in [0.29, 0.717) is 0 Å². The second-order valence-electron chi connectivity index (χ2n) is 5.13. The van der Waals surface area contributed by atoms with Gasteiger partial charge in [0, 0.05) is 35.6 Å². The number of rotatable bonds is 5. The Morgan fingerprint density at radius 2 is 2.00 bits per heavy atom. The summed E-state index contributed by atoms with van der Waals surface area (Å²) < 4.78 is 1.85.